The Labute approximate surface area is 110 Å². The molecule has 0 heterocycles. The average molecular weight is 262 g/mol. The summed E-state index contributed by atoms with van der Waals surface area (Å²) in [5.41, 5.74) is 1.45. The smallest absolute Gasteiger partial charge is 0.237 e. The van der Waals surface area contributed by atoms with Gasteiger partial charge in [-0.3, -0.25) is 0 Å². The number of hydrogen-bond acceptors (Lipinski definition) is 6. The molecule has 19 heavy (non-hydrogen) atoms. The van der Waals surface area contributed by atoms with Gasteiger partial charge in [-0.1, -0.05) is 24.3 Å². The van der Waals surface area contributed by atoms with Crippen molar-refractivity contribution in [2.75, 3.05) is 0 Å². The van der Waals surface area contributed by atoms with Gasteiger partial charge in [0, 0.05) is 5.56 Å². The fourth-order valence-electron chi connectivity index (χ4n) is 1.76. The highest BCUT2D eigenvalue weighted by Gasteiger charge is 2.13. The Bertz CT molecular complexity index is 485. The van der Waals surface area contributed by atoms with Gasteiger partial charge in [-0.15, -0.1) is 0 Å². The van der Waals surface area contributed by atoms with Crippen molar-refractivity contribution in [1.29, 1.82) is 0 Å². The number of carbonyl (C=O) groups excluding carboxylic acids is 2. The van der Waals surface area contributed by atoms with Gasteiger partial charge in [-0.2, -0.15) is 9.98 Å². The van der Waals surface area contributed by atoms with Crippen LogP contribution in [0.2, 0.25) is 0 Å². The molecule has 100 valence electrons. The Morgan fingerprint density at radius 1 is 1.11 bits per heavy atom. The summed E-state index contributed by atoms with van der Waals surface area (Å²) in [7, 11) is 0. The van der Waals surface area contributed by atoms with Crippen molar-refractivity contribution in [2.45, 2.75) is 31.7 Å². The first-order chi connectivity index (χ1) is 9.19. The number of aliphatic hydroxyl groups excluding tert-OH is 1. The van der Waals surface area contributed by atoms with E-state index in [0.717, 1.165) is 5.56 Å². The number of benzene rings is 1. The molecule has 0 radical (unpaired) electrons. The van der Waals surface area contributed by atoms with Gasteiger partial charge in [-0.05, 0) is 24.8 Å². The summed E-state index contributed by atoms with van der Waals surface area (Å²) in [4.78, 5) is 27.6. The van der Waals surface area contributed by atoms with Crippen LogP contribution in [0.25, 0.3) is 0 Å². The molecule has 0 aliphatic rings. The summed E-state index contributed by atoms with van der Waals surface area (Å²) in [6, 6.07) is 7.07. The molecular formula is C13H14N2O4. The molecule has 0 amide bonds. The van der Waals surface area contributed by atoms with E-state index in [0.29, 0.717) is 18.4 Å². The third-order valence-corrected chi connectivity index (χ3v) is 2.59. The molecule has 6 nitrogen and oxygen atoms in total. The van der Waals surface area contributed by atoms with Crippen LogP contribution in [0.3, 0.4) is 0 Å². The van der Waals surface area contributed by atoms with Gasteiger partial charge in [0.05, 0.1) is 0 Å². The number of aliphatic hydroxyl groups is 2. The lowest BCUT2D eigenvalue weighted by atomic mass is 10.00. The molecule has 0 saturated heterocycles. The van der Waals surface area contributed by atoms with Crippen molar-refractivity contribution < 1.29 is 19.8 Å². The Kier molecular flexibility index (Phi) is 6.36. The van der Waals surface area contributed by atoms with Crippen molar-refractivity contribution in [2.24, 2.45) is 9.98 Å². The summed E-state index contributed by atoms with van der Waals surface area (Å²) in [6.45, 7) is 0. The molecule has 1 rings (SSSR count). The maximum atomic E-state index is 10.3. The second-order valence-corrected chi connectivity index (χ2v) is 3.89. The summed E-state index contributed by atoms with van der Waals surface area (Å²) in [5, 5.41) is 17.6. The average Bonchev–Trinajstić information content (AvgIpc) is 2.39. The predicted octanol–water partition coefficient (Wildman–Crippen LogP) is 0.990. The minimum Gasteiger partial charge on any atom is -0.368 e. The summed E-state index contributed by atoms with van der Waals surface area (Å²) in [5.74, 6) is 0. The van der Waals surface area contributed by atoms with E-state index < -0.39 is 12.5 Å². The van der Waals surface area contributed by atoms with Gasteiger partial charge in [0.1, 0.15) is 0 Å². The molecule has 6 heteroatoms. The SMILES string of the molecule is O=C=NC(N=C=O)c1ccccc1CCCC(O)O. The molecule has 0 fully saturated rings. The fourth-order valence-corrected chi connectivity index (χ4v) is 1.76. The van der Waals surface area contributed by atoms with Crippen molar-refractivity contribution in [3.63, 3.8) is 0 Å². The first kappa shape index (κ1) is 15.0. The molecule has 1 aromatic carbocycles. The topological polar surface area (TPSA) is 99.3 Å². The zero-order valence-electron chi connectivity index (χ0n) is 10.2. The van der Waals surface area contributed by atoms with Crippen molar-refractivity contribution in [3.05, 3.63) is 35.4 Å². The van der Waals surface area contributed by atoms with Crippen LogP contribution in [0, 0.1) is 0 Å². The predicted molar refractivity (Wildman–Crippen MR) is 66.6 cm³/mol. The van der Waals surface area contributed by atoms with Gasteiger partial charge in [0.25, 0.3) is 0 Å². The van der Waals surface area contributed by atoms with Crippen LogP contribution in [0.5, 0.6) is 0 Å². The number of isocyanates is 2. The molecule has 0 atom stereocenters. The van der Waals surface area contributed by atoms with E-state index in [-0.39, 0.29) is 6.42 Å². The number of hydrogen-bond donors (Lipinski definition) is 2. The van der Waals surface area contributed by atoms with Gasteiger partial charge in [0.2, 0.25) is 12.2 Å². The quantitative estimate of drug-likeness (QED) is 0.435. The molecule has 0 aromatic heterocycles. The van der Waals surface area contributed by atoms with E-state index in [1.807, 2.05) is 6.07 Å². The van der Waals surface area contributed by atoms with Gasteiger partial charge < -0.3 is 10.2 Å². The van der Waals surface area contributed by atoms with E-state index in [4.69, 9.17) is 10.2 Å². The summed E-state index contributed by atoms with van der Waals surface area (Å²) in [6.07, 6.45) is 1.82. The highest BCUT2D eigenvalue weighted by Crippen LogP contribution is 2.23. The highest BCUT2D eigenvalue weighted by molar-refractivity contribution is 5.41. The van der Waals surface area contributed by atoms with E-state index >= 15 is 0 Å². The molecule has 1 aromatic rings. The van der Waals surface area contributed by atoms with Crippen LogP contribution in [0.1, 0.15) is 30.1 Å². The van der Waals surface area contributed by atoms with Crippen LogP contribution in [-0.4, -0.2) is 28.7 Å². The molecule has 0 unspecified atom stereocenters. The molecule has 0 aliphatic carbocycles. The standard InChI is InChI=1S/C13H14N2O4/c16-8-14-13(15-9-17)11-6-2-1-4-10(11)5-3-7-12(18)19/h1-2,4,6,12-13,18-19H,3,5,7H2. The van der Waals surface area contributed by atoms with E-state index in [2.05, 4.69) is 9.98 Å². The lowest BCUT2D eigenvalue weighted by Gasteiger charge is -2.11. The number of rotatable bonds is 7. The van der Waals surface area contributed by atoms with Gasteiger partial charge >= 0.3 is 0 Å². The Hall–Kier alpha value is -2.10. The maximum absolute atomic E-state index is 10.3. The number of aryl methyl sites for hydroxylation is 1. The lowest BCUT2D eigenvalue weighted by molar-refractivity contribution is -0.0461. The fraction of sp³-hybridized carbons (Fsp3) is 0.385. The van der Waals surface area contributed by atoms with Crippen LogP contribution >= 0.6 is 0 Å². The number of aliphatic imine (C=N–C) groups is 2. The Balaban J connectivity index is 2.93. The molecular weight excluding hydrogens is 248 g/mol. The summed E-state index contributed by atoms with van der Waals surface area (Å²) >= 11 is 0. The lowest BCUT2D eigenvalue weighted by Crippen LogP contribution is -2.05. The van der Waals surface area contributed by atoms with E-state index in [1.54, 1.807) is 18.2 Å². The molecule has 0 saturated carbocycles. The monoisotopic (exact) mass is 262 g/mol. The first-order valence-corrected chi connectivity index (χ1v) is 5.77. The maximum Gasteiger partial charge on any atom is 0.237 e. The number of nitrogens with zero attached hydrogens (tertiary/aromatic N) is 2. The molecule has 2 N–H and O–H groups in total. The zero-order valence-corrected chi connectivity index (χ0v) is 10.2. The third-order valence-electron chi connectivity index (χ3n) is 2.59. The second kappa shape index (κ2) is 8.08. The minimum absolute atomic E-state index is 0.243. The van der Waals surface area contributed by atoms with Gasteiger partial charge in [0.15, 0.2) is 12.5 Å². The second-order valence-electron chi connectivity index (χ2n) is 3.89. The molecule has 0 aliphatic heterocycles. The normalized spacial score (nSPS) is 11.5. The van der Waals surface area contributed by atoms with E-state index in [9.17, 15) is 9.59 Å². The Morgan fingerprint density at radius 3 is 2.32 bits per heavy atom. The molecule has 0 spiro atoms. The van der Waals surface area contributed by atoms with Crippen molar-refractivity contribution >= 4 is 12.2 Å². The first-order valence-electron chi connectivity index (χ1n) is 5.77. The highest BCUT2D eigenvalue weighted by atomic mass is 16.5. The van der Waals surface area contributed by atoms with Crippen LogP contribution in [-0.2, 0) is 16.0 Å². The largest absolute Gasteiger partial charge is 0.368 e. The van der Waals surface area contributed by atoms with Crippen LogP contribution in [0.4, 0.5) is 0 Å². The Morgan fingerprint density at radius 2 is 1.74 bits per heavy atom. The van der Waals surface area contributed by atoms with Gasteiger partial charge in [-0.25, -0.2) is 9.59 Å². The van der Waals surface area contributed by atoms with Crippen LogP contribution < -0.4 is 0 Å². The third kappa shape index (κ3) is 4.95. The summed E-state index contributed by atoms with van der Waals surface area (Å²) < 4.78 is 0. The minimum atomic E-state index is -1.34. The zero-order chi connectivity index (χ0) is 14.1. The van der Waals surface area contributed by atoms with Crippen LogP contribution in [0.15, 0.2) is 34.3 Å². The molecule has 0 bridgehead atoms. The van der Waals surface area contributed by atoms with Crippen molar-refractivity contribution in [1.82, 2.24) is 0 Å². The van der Waals surface area contributed by atoms with E-state index in [1.165, 1.54) is 12.2 Å². The van der Waals surface area contributed by atoms with Crippen molar-refractivity contribution in [3.8, 4) is 0 Å².